The molecule has 7 heteroatoms. The molecule has 0 spiro atoms. The molecule has 1 aliphatic heterocycles. The highest BCUT2D eigenvalue weighted by molar-refractivity contribution is 6.12. The van der Waals surface area contributed by atoms with Crippen LogP contribution in [-0.4, -0.2) is 38.8 Å². The molecule has 2 aliphatic rings. The van der Waals surface area contributed by atoms with Crippen LogP contribution >= 0.6 is 0 Å². The maximum absolute atomic E-state index is 13.3. The van der Waals surface area contributed by atoms with Crippen molar-refractivity contribution in [2.45, 2.75) is 58.9 Å². The van der Waals surface area contributed by atoms with Crippen LogP contribution in [0.2, 0.25) is 0 Å². The highest BCUT2D eigenvalue weighted by Gasteiger charge is 2.48. The van der Waals surface area contributed by atoms with E-state index in [0.717, 1.165) is 36.4 Å². The van der Waals surface area contributed by atoms with Gasteiger partial charge in [0, 0.05) is 49.4 Å². The average molecular weight is 435 g/mol. The SMILES string of the molecule is CCOC(=O)C1=C(CCCn2cccn2)N=C2CC(C)(C)CC(=O)C2C1c1cccnc1. The molecule has 3 heterocycles. The van der Waals surface area contributed by atoms with Crippen molar-refractivity contribution in [2.75, 3.05) is 6.61 Å². The second-order valence-electron chi connectivity index (χ2n) is 9.28. The molecule has 2 aromatic rings. The van der Waals surface area contributed by atoms with Gasteiger partial charge in [0.2, 0.25) is 0 Å². The number of fused-ring (bicyclic) bond motifs is 1. The highest BCUT2D eigenvalue weighted by atomic mass is 16.5. The number of ether oxygens (including phenoxy) is 1. The van der Waals surface area contributed by atoms with Gasteiger partial charge in [-0.1, -0.05) is 19.9 Å². The topological polar surface area (TPSA) is 86.4 Å². The van der Waals surface area contributed by atoms with E-state index >= 15 is 0 Å². The molecule has 2 aromatic heterocycles. The van der Waals surface area contributed by atoms with Gasteiger partial charge in [-0.05, 0) is 49.3 Å². The van der Waals surface area contributed by atoms with E-state index < -0.39 is 17.8 Å². The van der Waals surface area contributed by atoms with Crippen molar-refractivity contribution in [1.29, 1.82) is 0 Å². The van der Waals surface area contributed by atoms with Crippen LogP contribution in [0.4, 0.5) is 0 Å². The lowest BCUT2D eigenvalue weighted by molar-refractivity contribution is -0.139. The van der Waals surface area contributed by atoms with Crippen LogP contribution in [0, 0.1) is 11.3 Å². The molecule has 0 N–H and O–H groups in total. The zero-order valence-corrected chi connectivity index (χ0v) is 19.0. The molecule has 0 radical (unpaired) electrons. The van der Waals surface area contributed by atoms with E-state index in [0.29, 0.717) is 18.4 Å². The largest absolute Gasteiger partial charge is 0.463 e. The summed E-state index contributed by atoms with van der Waals surface area (Å²) < 4.78 is 7.33. The summed E-state index contributed by atoms with van der Waals surface area (Å²) in [4.78, 5) is 35.8. The first-order valence-electron chi connectivity index (χ1n) is 11.3. The van der Waals surface area contributed by atoms with Crippen LogP contribution in [0.3, 0.4) is 0 Å². The number of aliphatic imine (C=N–C) groups is 1. The normalized spacial score (nSPS) is 22.3. The van der Waals surface area contributed by atoms with E-state index in [9.17, 15) is 9.59 Å². The van der Waals surface area contributed by atoms with Gasteiger partial charge in [0.1, 0.15) is 5.78 Å². The summed E-state index contributed by atoms with van der Waals surface area (Å²) in [7, 11) is 0. The number of esters is 1. The van der Waals surface area contributed by atoms with Crippen molar-refractivity contribution in [1.82, 2.24) is 14.8 Å². The van der Waals surface area contributed by atoms with Gasteiger partial charge in [0.05, 0.1) is 23.8 Å². The molecule has 0 amide bonds. The smallest absolute Gasteiger partial charge is 0.336 e. The van der Waals surface area contributed by atoms with Gasteiger partial charge in [-0.25, -0.2) is 4.79 Å². The third-order valence-electron chi connectivity index (χ3n) is 6.15. The fourth-order valence-corrected chi connectivity index (χ4v) is 4.90. The number of aryl methyl sites for hydroxylation is 1. The number of carbonyl (C=O) groups excluding carboxylic acids is 2. The first-order chi connectivity index (χ1) is 15.4. The van der Waals surface area contributed by atoms with Gasteiger partial charge in [0.15, 0.2) is 0 Å². The summed E-state index contributed by atoms with van der Waals surface area (Å²) in [5.41, 5.74) is 2.81. The number of hydrogen-bond donors (Lipinski definition) is 0. The lowest BCUT2D eigenvalue weighted by Gasteiger charge is -2.41. The number of ketones is 1. The Balaban J connectivity index is 1.78. The number of hydrogen-bond acceptors (Lipinski definition) is 6. The molecule has 4 rings (SSSR count). The number of aromatic nitrogens is 3. The summed E-state index contributed by atoms with van der Waals surface area (Å²) in [6.45, 7) is 6.99. The molecule has 168 valence electrons. The molecular formula is C25H30N4O3. The maximum Gasteiger partial charge on any atom is 0.336 e. The summed E-state index contributed by atoms with van der Waals surface area (Å²) in [6.07, 6.45) is 9.71. The second-order valence-corrected chi connectivity index (χ2v) is 9.28. The zero-order chi connectivity index (χ0) is 22.7. The Morgan fingerprint density at radius 2 is 2.06 bits per heavy atom. The molecule has 1 aliphatic carbocycles. The Hall–Kier alpha value is -3.09. The van der Waals surface area contributed by atoms with Crippen LogP contribution in [0.15, 0.2) is 59.2 Å². The first-order valence-corrected chi connectivity index (χ1v) is 11.3. The van der Waals surface area contributed by atoms with Crippen molar-refractivity contribution < 1.29 is 14.3 Å². The summed E-state index contributed by atoms with van der Waals surface area (Å²) >= 11 is 0. The molecule has 1 fully saturated rings. The van der Waals surface area contributed by atoms with Gasteiger partial charge in [-0.3, -0.25) is 19.5 Å². The van der Waals surface area contributed by atoms with Crippen LogP contribution < -0.4 is 0 Å². The quantitative estimate of drug-likeness (QED) is 0.612. The van der Waals surface area contributed by atoms with Crippen LogP contribution in [0.25, 0.3) is 0 Å². The van der Waals surface area contributed by atoms with E-state index in [4.69, 9.17) is 9.73 Å². The fraction of sp³-hybridized carbons (Fsp3) is 0.480. The molecule has 0 bridgehead atoms. The molecule has 7 nitrogen and oxygen atoms in total. The Bertz CT molecular complexity index is 1040. The van der Waals surface area contributed by atoms with E-state index in [2.05, 4.69) is 23.9 Å². The Kier molecular flexibility index (Phi) is 6.35. The summed E-state index contributed by atoms with van der Waals surface area (Å²) in [5, 5.41) is 4.26. The van der Waals surface area contributed by atoms with Gasteiger partial charge in [-0.2, -0.15) is 5.10 Å². The van der Waals surface area contributed by atoms with E-state index in [1.54, 1.807) is 25.5 Å². The minimum Gasteiger partial charge on any atom is -0.463 e. The maximum atomic E-state index is 13.3. The van der Waals surface area contributed by atoms with Crippen LogP contribution in [0.5, 0.6) is 0 Å². The van der Waals surface area contributed by atoms with Gasteiger partial charge < -0.3 is 4.74 Å². The lowest BCUT2D eigenvalue weighted by Crippen LogP contribution is -2.44. The van der Waals surface area contributed by atoms with Crippen LogP contribution in [-0.2, 0) is 20.9 Å². The van der Waals surface area contributed by atoms with Crippen LogP contribution in [0.1, 0.15) is 57.9 Å². The summed E-state index contributed by atoms with van der Waals surface area (Å²) in [6, 6.07) is 5.68. The average Bonchev–Trinajstić information content (AvgIpc) is 3.26. The lowest BCUT2D eigenvalue weighted by atomic mass is 9.63. The number of allylic oxidation sites excluding steroid dienone is 1. The second kappa shape index (κ2) is 9.18. The highest BCUT2D eigenvalue weighted by Crippen LogP contribution is 2.47. The number of Topliss-reactive ketones (excluding diaryl/α,β-unsaturated/α-hetero) is 1. The molecule has 2 unspecified atom stereocenters. The fourth-order valence-electron chi connectivity index (χ4n) is 4.90. The Labute approximate surface area is 188 Å². The Morgan fingerprint density at radius 1 is 1.22 bits per heavy atom. The third kappa shape index (κ3) is 4.56. The molecule has 2 atom stereocenters. The van der Waals surface area contributed by atoms with E-state index in [-0.39, 0.29) is 17.8 Å². The standard InChI is InChI=1S/C25H30N4O3/c1-4-32-24(31)23-18(9-6-12-29-13-7-11-27-29)28-19-14-25(2,3)15-20(30)22(19)21(23)17-8-5-10-26-16-17/h5,7-8,10-11,13,16,21-22H,4,6,9,12,14-15H2,1-3H3. The monoisotopic (exact) mass is 434 g/mol. The number of nitrogens with zero attached hydrogens (tertiary/aromatic N) is 4. The minimum atomic E-state index is -0.443. The molecule has 0 saturated heterocycles. The summed E-state index contributed by atoms with van der Waals surface area (Å²) in [5.74, 6) is -1.12. The van der Waals surface area contributed by atoms with Crippen molar-refractivity contribution >= 4 is 17.5 Å². The van der Waals surface area contributed by atoms with Gasteiger partial charge in [0.25, 0.3) is 0 Å². The Morgan fingerprint density at radius 3 is 2.75 bits per heavy atom. The van der Waals surface area contributed by atoms with Crippen molar-refractivity contribution in [2.24, 2.45) is 16.3 Å². The number of rotatable bonds is 7. The van der Waals surface area contributed by atoms with E-state index in [1.807, 2.05) is 29.1 Å². The first kappa shape index (κ1) is 22.1. The molecule has 32 heavy (non-hydrogen) atoms. The number of carbonyl (C=O) groups is 2. The zero-order valence-electron chi connectivity index (χ0n) is 19.0. The van der Waals surface area contributed by atoms with E-state index in [1.165, 1.54) is 0 Å². The van der Waals surface area contributed by atoms with Gasteiger partial charge >= 0.3 is 5.97 Å². The van der Waals surface area contributed by atoms with Crippen molar-refractivity contribution in [3.63, 3.8) is 0 Å². The molecule has 1 saturated carbocycles. The predicted molar refractivity (Wildman–Crippen MR) is 121 cm³/mol. The minimum absolute atomic E-state index is 0.131. The van der Waals surface area contributed by atoms with Crippen molar-refractivity contribution in [3.8, 4) is 0 Å². The van der Waals surface area contributed by atoms with Crippen molar-refractivity contribution in [3.05, 3.63) is 59.8 Å². The molecule has 0 aromatic carbocycles. The predicted octanol–water partition coefficient (Wildman–Crippen LogP) is 4.12. The number of pyridine rings is 1. The molecular weight excluding hydrogens is 404 g/mol. The third-order valence-corrected chi connectivity index (χ3v) is 6.15. The van der Waals surface area contributed by atoms with Gasteiger partial charge in [-0.15, -0.1) is 0 Å².